The van der Waals surface area contributed by atoms with Gasteiger partial charge in [-0.15, -0.1) is 0 Å². The fourth-order valence-electron chi connectivity index (χ4n) is 1.69. The first-order valence-electron chi connectivity index (χ1n) is 6.62. The van der Waals surface area contributed by atoms with Crippen molar-refractivity contribution in [3.63, 3.8) is 0 Å². The highest BCUT2D eigenvalue weighted by atomic mass is 16.4. The van der Waals surface area contributed by atoms with Crippen LogP contribution in [0.25, 0.3) is 0 Å². The highest BCUT2D eigenvalue weighted by Gasteiger charge is 1.90. The lowest BCUT2D eigenvalue weighted by atomic mass is 10.1. The Morgan fingerprint density at radius 1 is 0.938 bits per heavy atom. The normalized spacial score (nSPS) is 11.1. The number of aliphatic carboxylic acids is 1. The first-order chi connectivity index (χ1) is 7.77. The van der Waals surface area contributed by atoms with Crippen molar-refractivity contribution in [2.24, 2.45) is 0 Å². The fraction of sp³-hybridized carbons (Fsp3) is 0.786. The van der Waals surface area contributed by atoms with Gasteiger partial charge in [0.1, 0.15) is 0 Å². The number of rotatable bonds is 11. The van der Waals surface area contributed by atoms with E-state index in [1.807, 2.05) is 6.08 Å². The van der Waals surface area contributed by atoms with Gasteiger partial charge in [-0.2, -0.15) is 0 Å². The number of hydrogen-bond donors (Lipinski definition) is 0. The number of carboxylic acid groups (broad SMARTS) is 1. The number of carboxylic acids is 1. The van der Waals surface area contributed by atoms with E-state index < -0.39 is 5.97 Å². The Hall–Kier alpha value is -0.790. The predicted molar refractivity (Wildman–Crippen MR) is 66.0 cm³/mol. The minimum Gasteiger partial charge on any atom is -0.550 e. The van der Waals surface area contributed by atoms with E-state index in [4.69, 9.17) is 0 Å². The molecule has 0 bridgehead atoms. The molecule has 2 heteroatoms. The number of carbonyl (C=O) groups excluding carboxylic acids is 1. The molecule has 0 heterocycles. The zero-order chi connectivity index (χ0) is 12.1. The topological polar surface area (TPSA) is 40.1 Å². The Balaban J connectivity index is 3.03. The number of carbonyl (C=O) groups is 1. The summed E-state index contributed by atoms with van der Waals surface area (Å²) in [6, 6.07) is 0. The third kappa shape index (κ3) is 13.2. The van der Waals surface area contributed by atoms with Gasteiger partial charge in [0.15, 0.2) is 0 Å². The number of allylic oxidation sites excluding steroid dienone is 1. The number of unbranched alkanes of at least 4 members (excludes halogenated alkanes) is 8. The average molecular weight is 225 g/mol. The molecule has 0 saturated heterocycles. The molecule has 16 heavy (non-hydrogen) atoms. The van der Waals surface area contributed by atoms with Crippen LogP contribution in [-0.4, -0.2) is 5.97 Å². The van der Waals surface area contributed by atoms with Gasteiger partial charge in [-0.1, -0.05) is 64.0 Å². The van der Waals surface area contributed by atoms with E-state index in [1.165, 1.54) is 51.4 Å². The third-order valence-electron chi connectivity index (χ3n) is 2.68. The second kappa shape index (κ2) is 12.3. The summed E-state index contributed by atoms with van der Waals surface area (Å²) in [7, 11) is 0. The molecule has 94 valence electrons. The molecule has 0 fully saturated rings. The van der Waals surface area contributed by atoms with Gasteiger partial charge in [-0.3, -0.25) is 0 Å². The molecule has 0 aromatic heterocycles. The van der Waals surface area contributed by atoms with E-state index in [0.717, 1.165) is 6.42 Å². The summed E-state index contributed by atoms with van der Waals surface area (Å²) in [5.74, 6) is -0.993. The smallest absolute Gasteiger partial charge is 0.0452 e. The Kier molecular flexibility index (Phi) is 11.7. The molecular weight excluding hydrogens is 200 g/mol. The van der Waals surface area contributed by atoms with E-state index in [9.17, 15) is 9.90 Å². The maximum atomic E-state index is 10.1. The molecule has 0 aromatic carbocycles. The summed E-state index contributed by atoms with van der Waals surface area (Å²) in [5, 5.41) is 10.1. The highest BCUT2D eigenvalue weighted by molar-refractivity contribution is 5.66. The Morgan fingerprint density at radius 3 is 2.06 bits per heavy atom. The lowest BCUT2D eigenvalue weighted by molar-refractivity contribution is -0.304. The van der Waals surface area contributed by atoms with E-state index in [1.54, 1.807) is 6.08 Å². The van der Waals surface area contributed by atoms with Crippen LogP contribution in [0.15, 0.2) is 12.2 Å². The van der Waals surface area contributed by atoms with Crippen LogP contribution in [-0.2, 0) is 4.79 Å². The van der Waals surface area contributed by atoms with Crippen LogP contribution >= 0.6 is 0 Å². The molecule has 0 radical (unpaired) electrons. The predicted octanol–water partition coefficient (Wildman–Crippen LogP) is 3.21. The standard InChI is InChI=1S/C14H26O2/c1-2-3-4-5-6-7-8-9-10-11-12-13-14(15)16/h11-12H,2-10,13H2,1H3,(H,15,16)/p-1/b12-11+. The van der Waals surface area contributed by atoms with Crippen LogP contribution in [0.2, 0.25) is 0 Å². The molecule has 0 aliphatic rings. The van der Waals surface area contributed by atoms with Crippen molar-refractivity contribution in [3.05, 3.63) is 12.2 Å². The van der Waals surface area contributed by atoms with E-state index in [0.29, 0.717) is 0 Å². The third-order valence-corrected chi connectivity index (χ3v) is 2.68. The molecule has 2 nitrogen and oxygen atoms in total. The fourth-order valence-corrected chi connectivity index (χ4v) is 1.69. The molecule has 0 aliphatic heterocycles. The molecular formula is C14H25O2-. The van der Waals surface area contributed by atoms with Gasteiger partial charge in [0, 0.05) is 12.4 Å². The molecule has 0 aliphatic carbocycles. The quantitative estimate of drug-likeness (QED) is 0.400. The van der Waals surface area contributed by atoms with Crippen LogP contribution in [0.4, 0.5) is 0 Å². The van der Waals surface area contributed by atoms with Crippen molar-refractivity contribution in [3.8, 4) is 0 Å². The summed E-state index contributed by atoms with van der Waals surface area (Å²) < 4.78 is 0. The second-order valence-electron chi connectivity index (χ2n) is 4.31. The molecule has 0 rings (SSSR count). The zero-order valence-electron chi connectivity index (χ0n) is 10.5. The van der Waals surface area contributed by atoms with Crippen LogP contribution in [0.3, 0.4) is 0 Å². The summed E-state index contributed by atoms with van der Waals surface area (Å²) in [6.07, 6.45) is 15.2. The van der Waals surface area contributed by atoms with Crippen molar-refractivity contribution in [2.45, 2.75) is 71.1 Å². The molecule has 0 N–H and O–H groups in total. The molecule has 0 saturated carbocycles. The minimum absolute atomic E-state index is 0.0526. The summed E-state index contributed by atoms with van der Waals surface area (Å²) >= 11 is 0. The maximum absolute atomic E-state index is 10.1. The Bertz CT molecular complexity index is 185. The van der Waals surface area contributed by atoms with Crippen molar-refractivity contribution in [2.75, 3.05) is 0 Å². The molecule has 0 unspecified atom stereocenters. The maximum Gasteiger partial charge on any atom is 0.0452 e. The van der Waals surface area contributed by atoms with Gasteiger partial charge in [-0.05, 0) is 12.8 Å². The molecule has 0 spiro atoms. The summed E-state index contributed by atoms with van der Waals surface area (Å²) in [4.78, 5) is 10.1. The van der Waals surface area contributed by atoms with E-state index in [-0.39, 0.29) is 6.42 Å². The van der Waals surface area contributed by atoms with Gasteiger partial charge in [0.2, 0.25) is 0 Å². The van der Waals surface area contributed by atoms with E-state index >= 15 is 0 Å². The van der Waals surface area contributed by atoms with Gasteiger partial charge >= 0.3 is 0 Å². The van der Waals surface area contributed by atoms with E-state index in [2.05, 4.69) is 6.92 Å². The second-order valence-corrected chi connectivity index (χ2v) is 4.31. The van der Waals surface area contributed by atoms with Gasteiger partial charge in [-0.25, -0.2) is 0 Å². The van der Waals surface area contributed by atoms with Crippen molar-refractivity contribution >= 4 is 5.97 Å². The monoisotopic (exact) mass is 225 g/mol. The van der Waals surface area contributed by atoms with Crippen LogP contribution in [0.1, 0.15) is 71.1 Å². The SMILES string of the molecule is CCCCCCCCCC/C=C/CC(=O)[O-]. The zero-order valence-corrected chi connectivity index (χ0v) is 10.5. The largest absolute Gasteiger partial charge is 0.550 e. The van der Waals surface area contributed by atoms with Gasteiger partial charge in [0.25, 0.3) is 0 Å². The lowest BCUT2D eigenvalue weighted by Crippen LogP contribution is -2.20. The highest BCUT2D eigenvalue weighted by Crippen LogP contribution is 2.09. The average Bonchev–Trinajstić information content (AvgIpc) is 2.25. The van der Waals surface area contributed by atoms with Gasteiger partial charge in [0.05, 0.1) is 0 Å². The van der Waals surface area contributed by atoms with Crippen molar-refractivity contribution in [1.82, 2.24) is 0 Å². The first kappa shape index (κ1) is 15.2. The summed E-state index contributed by atoms with van der Waals surface area (Å²) in [5.41, 5.74) is 0. The Morgan fingerprint density at radius 2 is 1.50 bits per heavy atom. The first-order valence-corrected chi connectivity index (χ1v) is 6.62. The summed E-state index contributed by atoms with van der Waals surface area (Å²) in [6.45, 7) is 2.24. The Labute approximate surface area is 99.7 Å². The van der Waals surface area contributed by atoms with Crippen LogP contribution < -0.4 is 5.11 Å². The molecule has 0 amide bonds. The van der Waals surface area contributed by atoms with Crippen LogP contribution in [0, 0.1) is 0 Å². The van der Waals surface area contributed by atoms with Crippen LogP contribution in [0.5, 0.6) is 0 Å². The minimum atomic E-state index is -0.993. The van der Waals surface area contributed by atoms with Gasteiger partial charge < -0.3 is 9.90 Å². The number of hydrogen-bond acceptors (Lipinski definition) is 2. The van der Waals surface area contributed by atoms with Crippen molar-refractivity contribution < 1.29 is 9.90 Å². The lowest BCUT2D eigenvalue weighted by Gasteiger charge is -2.00. The molecule has 0 atom stereocenters. The van der Waals surface area contributed by atoms with Crippen molar-refractivity contribution in [1.29, 1.82) is 0 Å². The molecule has 0 aromatic rings.